The molecular weight excluding hydrogens is 128 g/mol. The third-order valence-electron chi connectivity index (χ3n) is 1.35. The summed E-state index contributed by atoms with van der Waals surface area (Å²) in [6.45, 7) is 9.59. The van der Waals surface area contributed by atoms with Crippen LogP contribution in [-0.4, -0.2) is 25.9 Å². The van der Waals surface area contributed by atoms with Crippen molar-refractivity contribution in [3.63, 3.8) is 0 Å². The highest BCUT2D eigenvalue weighted by Crippen LogP contribution is 1.94. The molecular formula is C8H17O2. The topological polar surface area (TPSA) is 18.5 Å². The van der Waals surface area contributed by atoms with E-state index in [0.717, 1.165) is 6.42 Å². The predicted molar refractivity (Wildman–Crippen MR) is 41.9 cm³/mol. The van der Waals surface area contributed by atoms with Crippen LogP contribution >= 0.6 is 0 Å². The van der Waals surface area contributed by atoms with Crippen LogP contribution in [0.5, 0.6) is 0 Å². The summed E-state index contributed by atoms with van der Waals surface area (Å²) >= 11 is 0. The molecule has 0 bridgehead atoms. The first-order valence-electron chi connectivity index (χ1n) is 3.79. The Morgan fingerprint density at radius 3 is 2.60 bits per heavy atom. The van der Waals surface area contributed by atoms with Crippen molar-refractivity contribution in [2.45, 2.75) is 26.4 Å². The summed E-state index contributed by atoms with van der Waals surface area (Å²) in [5.74, 6) is 0. The summed E-state index contributed by atoms with van der Waals surface area (Å²) in [5, 5.41) is 0. The Labute approximate surface area is 63.5 Å². The largest absolute Gasteiger partial charge is 0.379 e. The molecule has 0 heterocycles. The summed E-state index contributed by atoms with van der Waals surface area (Å²) in [5.41, 5.74) is 0. The highest BCUT2D eigenvalue weighted by atomic mass is 16.5. The SMILES string of the molecule is [CH2]COCCOC(C)CC. The minimum absolute atomic E-state index is 0.355. The van der Waals surface area contributed by atoms with Gasteiger partial charge in [0.1, 0.15) is 0 Å². The highest BCUT2D eigenvalue weighted by molar-refractivity contribution is 4.43. The van der Waals surface area contributed by atoms with E-state index >= 15 is 0 Å². The monoisotopic (exact) mass is 145 g/mol. The molecule has 2 nitrogen and oxygen atoms in total. The van der Waals surface area contributed by atoms with Gasteiger partial charge in [-0.25, -0.2) is 0 Å². The molecule has 0 aliphatic rings. The fourth-order valence-corrected chi connectivity index (χ4v) is 0.528. The molecule has 0 N–H and O–H groups in total. The van der Waals surface area contributed by atoms with Gasteiger partial charge in [0.15, 0.2) is 0 Å². The van der Waals surface area contributed by atoms with Crippen molar-refractivity contribution in [2.24, 2.45) is 0 Å². The Bertz CT molecular complexity index is 64.3. The first kappa shape index (κ1) is 9.92. The summed E-state index contributed by atoms with van der Waals surface area (Å²) in [7, 11) is 0. The molecule has 0 fully saturated rings. The van der Waals surface area contributed by atoms with Crippen molar-refractivity contribution in [3.8, 4) is 0 Å². The molecule has 0 aromatic carbocycles. The van der Waals surface area contributed by atoms with E-state index < -0.39 is 0 Å². The van der Waals surface area contributed by atoms with Gasteiger partial charge in [-0.05, 0) is 20.3 Å². The molecule has 0 aromatic heterocycles. The van der Waals surface area contributed by atoms with Gasteiger partial charge in [-0.1, -0.05) is 6.92 Å². The van der Waals surface area contributed by atoms with Gasteiger partial charge in [0.2, 0.25) is 0 Å². The lowest BCUT2D eigenvalue weighted by Gasteiger charge is -2.09. The van der Waals surface area contributed by atoms with Crippen LogP contribution in [0, 0.1) is 6.92 Å². The van der Waals surface area contributed by atoms with E-state index in [1.54, 1.807) is 0 Å². The Morgan fingerprint density at radius 1 is 1.40 bits per heavy atom. The lowest BCUT2D eigenvalue weighted by Crippen LogP contribution is -2.11. The second-order valence-electron chi connectivity index (χ2n) is 2.20. The van der Waals surface area contributed by atoms with Crippen molar-refractivity contribution in [3.05, 3.63) is 6.92 Å². The quantitative estimate of drug-likeness (QED) is 0.529. The van der Waals surface area contributed by atoms with Crippen LogP contribution in [0.15, 0.2) is 0 Å². The van der Waals surface area contributed by atoms with Crippen LogP contribution in [0.3, 0.4) is 0 Å². The molecule has 0 rings (SSSR count). The molecule has 2 heteroatoms. The number of hydrogen-bond acceptors (Lipinski definition) is 2. The molecule has 0 saturated heterocycles. The third kappa shape index (κ3) is 6.05. The van der Waals surface area contributed by atoms with Gasteiger partial charge in [-0.3, -0.25) is 0 Å². The van der Waals surface area contributed by atoms with Crippen molar-refractivity contribution >= 4 is 0 Å². The van der Waals surface area contributed by atoms with Gasteiger partial charge in [0, 0.05) is 6.61 Å². The van der Waals surface area contributed by atoms with Crippen LogP contribution in [0.25, 0.3) is 0 Å². The Morgan fingerprint density at radius 2 is 2.10 bits per heavy atom. The second kappa shape index (κ2) is 7.03. The molecule has 1 radical (unpaired) electrons. The van der Waals surface area contributed by atoms with E-state index in [9.17, 15) is 0 Å². The maximum Gasteiger partial charge on any atom is 0.0704 e. The molecule has 61 valence electrons. The molecule has 0 aromatic rings. The van der Waals surface area contributed by atoms with Gasteiger partial charge in [0.05, 0.1) is 19.3 Å². The number of rotatable bonds is 6. The van der Waals surface area contributed by atoms with Crippen molar-refractivity contribution < 1.29 is 9.47 Å². The van der Waals surface area contributed by atoms with Gasteiger partial charge < -0.3 is 9.47 Å². The Hall–Kier alpha value is -0.0800. The number of hydrogen-bond donors (Lipinski definition) is 0. The maximum atomic E-state index is 5.34. The van der Waals surface area contributed by atoms with Gasteiger partial charge in [-0.2, -0.15) is 0 Å². The lowest BCUT2D eigenvalue weighted by molar-refractivity contribution is 0.0172. The standard InChI is InChI=1S/C8H17O2/c1-4-8(3)10-7-6-9-5-2/h8H,2,4-7H2,1,3H3. The van der Waals surface area contributed by atoms with E-state index in [-0.39, 0.29) is 0 Å². The van der Waals surface area contributed by atoms with Gasteiger partial charge in [-0.15, -0.1) is 0 Å². The fourth-order valence-electron chi connectivity index (χ4n) is 0.528. The molecule has 1 atom stereocenters. The Kier molecular flexibility index (Phi) is 6.98. The summed E-state index contributed by atoms with van der Waals surface area (Å²) in [4.78, 5) is 0. The maximum absolute atomic E-state index is 5.34. The fraction of sp³-hybridized carbons (Fsp3) is 0.875. The average Bonchev–Trinajstić information content (AvgIpc) is 1.98. The van der Waals surface area contributed by atoms with E-state index in [2.05, 4.69) is 20.8 Å². The smallest absolute Gasteiger partial charge is 0.0704 e. The molecule has 0 saturated carbocycles. The van der Waals surface area contributed by atoms with Crippen LogP contribution < -0.4 is 0 Å². The average molecular weight is 145 g/mol. The third-order valence-corrected chi connectivity index (χ3v) is 1.35. The predicted octanol–water partition coefficient (Wildman–Crippen LogP) is 1.65. The van der Waals surface area contributed by atoms with Gasteiger partial charge in [0.25, 0.3) is 0 Å². The molecule has 10 heavy (non-hydrogen) atoms. The van der Waals surface area contributed by atoms with Crippen LogP contribution in [-0.2, 0) is 9.47 Å². The summed E-state index contributed by atoms with van der Waals surface area (Å²) in [6, 6.07) is 0. The zero-order chi connectivity index (χ0) is 7.82. The summed E-state index contributed by atoms with van der Waals surface area (Å²) in [6.07, 6.45) is 1.41. The van der Waals surface area contributed by atoms with Crippen LogP contribution in [0.4, 0.5) is 0 Å². The zero-order valence-corrected chi connectivity index (χ0v) is 6.93. The zero-order valence-electron chi connectivity index (χ0n) is 6.93. The second-order valence-corrected chi connectivity index (χ2v) is 2.20. The van der Waals surface area contributed by atoms with E-state index in [1.807, 2.05) is 0 Å². The molecule has 0 amide bonds. The van der Waals surface area contributed by atoms with Gasteiger partial charge >= 0.3 is 0 Å². The molecule has 0 aliphatic carbocycles. The molecule has 0 spiro atoms. The lowest BCUT2D eigenvalue weighted by atomic mass is 10.3. The first-order valence-corrected chi connectivity index (χ1v) is 3.79. The van der Waals surface area contributed by atoms with E-state index in [0.29, 0.717) is 25.9 Å². The van der Waals surface area contributed by atoms with E-state index in [1.165, 1.54) is 0 Å². The minimum atomic E-state index is 0.355. The normalized spacial score (nSPS) is 13.5. The van der Waals surface area contributed by atoms with Crippen LogP contribution in [0.2, 0.25) is 0 Å². The molecule has 0 aliphatic heterocycles. The van der Waals surface area contributed by atoms with Crippen molar-refractivity contribution in [1.29, 1.82) is 0 Å². The van der Waals surface area contributed by atoms with Crippen molar-refractivity contribution in [2.75, 3.05) is 19.8 Å². The molecule has 1 unspecified atom stereocenters. The number of ether oxygens (including phenoxy) is 2. The summed E-state index contributed by atoms with van der Waals surface area (Å²) < 4.78 is 10.3. The van der Waals surface area contributed by atoms with Crippen LogP contribution in [0.1, 0.15) is 20.3 Å². The highest BCUT2D eigenvalue weighted by Gasteiger charge is 1.95. The Balaban J connectivity index is 2.89. The van der Waals surface area contributed by atoms with E-state index in [4.69, 9.17) is 9.47 Å². The van der Waals surface area contributed by atoms with Crippen molar-refractivity contribution in [1.82, 2.24) is 0 Å². The minimum Gasteiger partial charge on any atom is -0.379 e. The first-order chi connectivity index (χ1) is 4.81.